The summed E-state index contributed by atoms with van der Waals surface area (Å²) in [6.07, 6.45) is 0. The standard InChI is InChI=1S/C9H6N4O/c10-4-8-12-7-2-1-5(14)3-6(7)9(11)13-8/h1-3,14H,(H2,11,12,13). The normalized spacial score (nSPS) is 9.93. The summed E-state index contributed by atoms with van der Waals surface area (Å²) in [7, 11) is 0. The van der Waals surface area contributed by atoms with Gasteiger partial charge in [-0.25, -0.2) is 9.97 Å². The Morgan fingerprint density at radius 3 is 2.86 bits per heavy atom. The van der Waals surface area contributed by atoms with E-state index in [0.29, 0.717) is 10.9 Å². The minimum absolute atomic E-state index is 0.0284. The monoisotopic (exact) mass is 186 g/mol. The first-order chi connectivity index (χ1) is 6.70. The van der Waals surface area contributed by atoms with E-state index in [1.165, 1.54) is 12.1 Å². The molecule has 0 fully saturated rings. The van der Waals surface area contributed by atoms with Crippen LogP contribution in [0.25, 0.3) is 10.9 Å². The fourth-order valence-electron chi connectivity index (χ4n) is 1.19. The first kappa shape index (κ1) is 8.26. The SMILES string of the molecule is N#Cc1nc(N)c2cc(O)ccc2n1. The van der Waals surface area contributed by atoms with Crippen LogP contribution in [0.3, 0.4) is 0 Å². The van der Waals surface area contributed by atoms with Crippen LogP contribution in [0.5, 0.6) is 5.75 Å². The number of aromatic nitrogens is 2. The van der Waals surface area contributed by atoms with Crippen molar-refractivity contribution in [2.24, 2.45) is 0 Å². The Morgan fingerprint density at radius 2 is 2.14 bits per heavy atom. The second-order valence-electron chi connectivity index (χ2n) is 2.75. The van der Waals surface area contributed by atoms with E-state index in [0.717, 1.165) is 0 Å². The highest BCUT2D eigenvalue weighted by atomic mass is 16.3. The highest BCUT2D eigenvalue weighted by molar-refractivity contribution is 5.89. The van der Waals surface area contributed by atoms with Crippen LogP contribution in [0, 0.1) is 11.3 Å². The highest BCUT2D eigenvalue weighted by Crippen LogP contribution is 2.22. The summed E-state index contributed by atoms with van der Waals surface area (Å²) in [5.41, 5.74) is 6.14. The summed E-state index contributed by atoms with van der Waals surface area (Å²) in [4.78, 5) is 7.69. The Labute approximate surface area is 79.4 Å². The van der Waals surface area contributed by atoms with Crippen LogP contribution < -0.4 is 5.73 Å². The molecule has 3 N–H and O–H groups in total. The Bertz CT molecular complexity index is 544. The van der Waals surface area contributed by atoms with Gasteiger partial charge in [0.05, 0.1) is 5.52 Å². The number of hydrogen-bond donors (Lipinski definition) is 2. The van der Waals surface area contributed by atoms with Gasteiger partial charge in [-0.15, -0.1) is 0 Å². The van der Waals surface area contributed by atoms with Gasteiger partial charge >= 0.3 is 0 Å². The largest absolute Gasteiger partial charge is 0.508 e. The number of rotatable bonds is 0. The van der Waals surface area contributed by atoms with Crippen LogP contribution in [0.2, 0.25) is 0 Å². The number of fused-ring (bicyclic) bond motifs is 1. The van der Waals surface area contributed by atoms with Gasteiger partial charge in [0.2, 0.25) is 5.82 Å². The van der Waals surface area contributed by atoms with E-state index >= 15 is 0 Å². The molecule has 0 aliphatic heterocycles. The number of anilines is 1. The Balaban J connectivity index is 2.84. The molecule has 68 valence electrons. The van der Waals surface area contributed by atoms with Crippen molar-refractivity contribution in [2.75, 3.05) is 5.73 Å². The molecule has 0 aliphatic carbocycles. The average molecular weight is 186 g/mol. The number of nitrogen functional groups attached to an aromatic ring is 1. The molecule has 2 rings (SSSR count). The van der Waals surface area contributed by atoms with Gasteiger partial charge in [0.1, 0.15) is 17.6 Å². The fourth-order valence-corrected chi connectivity index (χ4v) is 1.19. The maximum atomic E-state index is 9.21. The zero-order valence-corrected chi connectivity index (χ0v) is 7.10. The van der Waals surface area contributed by atoms with Gasteiger partial charge in [0.15, 0.2) is 0 Å². The Hall–Kier alpha value is -2.35. The minimum Gasteiger partial charge on any atom is -0.508 e. The second-order valence-corrected chi connectivity index (χ2v) is 2.75. The number of nitrogens with zero attached hydrogens (tertiary/aromatic N) is 3. The summed E-state index contributed by atoms with van der Waals surface area (Å²) in [6.45, 7) is 0. The lowest BCUT2D eigenvalue weighted by Gasteiger charge is -2.01. The number of phenolic OH excluding ortho intramolecular Hbond substituents is 1. The summed E-state index contributed by atoms with van der Waals surface area (Å²) in [5.74, 6) is 0.320. The van der Waals surface area contributed by atoms with Gasteiger partial charge in [-0.1, -0.05) is 0 Å². The van der Waals surface area contributed by atoms with E-state index in [4.69, 9.17) is 11.0 Å². The molecule has 1 aromatic heterocycles. The molecule has 0 radical (unpaired) electrons. The number of aromatic hydroxyl groups is 1. The van der Waals surface area contributed by atoms with Gasteiger partial charge in [0, 0.05) is 5.39 Å². The Morgan fingerprint density at radius 1 is 1.36 bits per heavy atom. The van der Waals surface area contributed by atoms with Crippen molar-refractivity contribution < 1.29 is 5.11 Å². The summed E-state index contributed by atoms with van der Waals surface area (Å²) >= 11 is 0. The average Bonchev–Trinajstić information content (AvgIpc) is 2.19. The van der Waals surface area contributed by atoms with Gasteiger partial charge in [-0.05, 0) is 18.2 Å². The molecule has 5 nitrogen and oxygen atoms in total. The summed E-state index contributed by atoms with van der Waals surface area (Å²) < 4.78 is 0. The molecule has 2 aromatic rings. The first-order valence-electron chi connectivity index (χ1n) is 3.87. The number of nitrogens with two attached hydrogens (primary N) is 1. The fraction of sp³-hybridized carbons (Fsp3) is 0. The van der Waals surface area contributed by atoms with E-state index in [1.54, 1.807) is 6.07 Å². The van der Waals surface area contributed by atoms with Gasteiger partial charge in [-0.3, -0.25) is 0 Å². The van der Waals surface area contributed by atoms with Crippen LogP contribution in [-0.2, 0) is 0 Å². The third kappa shape index (κ3) is 1.19. The molecule has 0 spiro atoms. The van der Waals surface area contributed by atoms with E-state index in [-0.39, 0.29) is 17.4 Å². The molecule has 0 aliphatic rings. The van der Waals surface area contributed by atoms with Gasteiger partial charge in [-0.2, -0.15) is 5.26 Å². The third-order valence-corrected chi connectivity index (χ3v) is 1.81. The summed E-state index contributed by atoms with van der Waals surface area (Å²) in [6, 6.07) is 6.34. The number of nitriles is 1. The van der Waals surface area contributed by atoms with Crippen LogP contribution >= 0.6 is 0 Å². The number of hydrogen-bond acceptors (Lipinski definition) is 5. The highest BCUT2D eigenvalue weighted by Gasteiger charge is 2.04. The minimum atomic E-state index is 0.0284. The zero-order chi connectivity index (χ0) is 10.1. The van der Waals surface area contributed by atoms with E-state index in [2.05, 4.69) is 9.97 Å². The van der Waals surface area contributed by atoms with Gasteiger partial charge in [0.25, 0.3) is 0 Å². The smallest absolute Gasteiger partial charge is 0.234 e. The lowest BCUT2D eigenvalue weighted by molar-refractivity contribution is 0.476. The molecule has 0 unspecified atom stereocenters. The molecular weight excluding hydrogens is 180 g/mol. The quantitative estimate of drug-likeness (QED) is 0.634. The molecular formula is C9H6N4O. The van der Waals surface area contributed by atoms with Crippen molar-refractivity contribution in [2.45, 2.75) is 0 Å². The van der Waals surface area contributed by atoms with Crippen molar-refractivity contribution >= 4 is 16.7 Å². The predicted molar refractivity (Wildman–Crippen MR) is 50.3 cm³/mol. The molecule has 0 bridgehead atoms. The molecule has 1 heterocycles. The van der Waals surface area contributed by atoms with Crippen molar-refractivity contribution in [3.63, 3.8) is 0 Å². The number of benzene rings is 1. The van der Waals surface area contributed by atoms with Crippen molar-refractivity contribution in [1.29, 1.82) is 5.26 Å². The van der Waals surface area contributed by atoms with E-state index in [1.807, 2.05) is 6.07 Å². The van der Waals surface area contributed by atoms with Crippen molar-refractivity contribution in [1.82, 2.24) is 9.97 Å². The van der Waals surface area contributed by atoms with Crippen LogP contribution in [0.4, 0.5) is 5.82 Å². The first-order valence-corrected chi connectivity index (χ1v) is 3.87. The van der Waals surface area contributed by atoms with Crippen LogP contribution in [0.1, 0.15) is 5.82 Å². The molecule has 0 saturated carbocycles. The van der Waals surface area contributed by atoms with Crippen LogP contribution in [0.15, 0.2) is 18.2 Å². The lowest BCUT2D eigenvalue weighted by atomic mass is 10.2. The van der Waals surface area contributed by atoms with E-state index < -0.39 is 0 Å². The maximum Gasteiger partial charge on any atom is 0.234 e. The van der Waals surface area contributed by atoms with Crippen molar-refractivity contribution in [3.05, 3.63) is 24.0 Å². The molecule has 14 heavy (non-hydrogen) atoms. The molecule has 0 amide bonds. The zero-order valence-electron chi connectivity index (χ0n) is 7.10. The predicted octanol–water partition coefficient (Wildman–Crippen LogP) is 0.789. The number of phenols is 1. The summed E-state index contributed by atoms with van der Waals surface area (Å²) in [5, 5.41) is 18.3. The molecule has 5 heteroatoms. The second kappa shape index (κ2) is 2.85. The Kier molecular flexibility index (Phi) is 1.68. The molecule has 1 aromatic carbocycles. The van der Waals surface area contributed by atoms with Crippen molar-refractivity contribution in [3.8, 4) is 11.8 Å². The van der Waals surface area contributed by atoms with E-state index in [9.17, 15) is 5.11 Å². The maximum absolute atomic E-state index is 9.21. The lowest BCUT2D eigenvalue weighted by Crippen LogP contribution is -1.97. The topological polar surface area (TPSA) is 95.8 Å². The molecule has 0 atom stereocenters. The molecule has 0 saturated heterocycles. The third-order valence-electron chi connectivity index (χ3n) is 1.81. The van der Waals surface area contributed by atoms with Crippen LogP contribution in [-0.4, -0.2) is 15.1 Å². The van der Waals surface area contributed by atoms with Gasteiger partial charge < -0.3 is 10.8 Å².